The first-order valence-electron chi connectivity index (χ1n) is 6.91. The second kappa shape index (κ2) is 7.06. The lowest BCUT2D eigenvalue weighted by molar-refractivity contribution is 0.317. The Kier molecular flexibility index (Phi) is 5.13. The van der Waals surface area contributed by atoms with Crippen LogP contribution in [-0.2, 0) is 6.54 Å². The van der Waals surface area contributed by atoms with Gasteiger partial charge in [-0.25, -0.2) is 4.39 Å². The van der Waals surface area contributed by atoms with Crippen molar-refractivity contribution in [2.45, 2.75) is 19.9 Å². The molecular formula is C17H20FNO. The molecule has 2 nitrogen and oxygen atoms in total. The van der Waals surface area contributed by atoms with Crippen LogP contribution in [0.1, 0.15) is 18.9 Å². The molecule has 0 fully saturated rings. The predicted octanol–water partition coefficient (Wildman–Crippen LogP) is 4.00. The summed E-state index contributed by atoms with van der Waals surface area (Å²) < 4.78 is 19.4. The minimum Gasteiger partial charge on any atom is -0.494 e. The maximum atomic E-state index is 13.9. The summed E-state index contributed by atoms with van der Waals surface area (Å²) in [5.41, 5.74) is 2.55. The highest BCUT2D eigenvalue weighted by atomic mass is 19.1. The van der Waals surface area contributed by atoms with Crippen molar-refractivity contribution in [1.29, 1.82) is 0 Å². The lowest BCUT2D eigenvalue weighted by atomic mass is 10.0. The molecule has 0 saturated carbocycles. The summed E-state index contributed by atoms with van der Waals surface area (Å²) in [6, 6.07) is 13.1. The number of benzene rings is 2. The van der Waals surface area contributed by atoms with Crippen LogP contribution in [0.2, 0.25) is 0 Å². The van der Waals surface area contributed by atoms with Gasteiger partial charge in [-0.2, -0.15) is 0 Å². The zero-order valence-electron chi connectivity index (χ0n) is 11.9. The van der Waals surface area contributed by atoms with Crippen LogP contribution in [-0.4, -0.2) is 13.7 Å². The van der Waals surface area contributed by atoms with Gasteiger partial charge in [0.25, 0.3) is 0 Å². The predicted molar refractivity (Wildman–Crippen MR) is 80.4 cm³/mol. The van der Waals surface area contributed by atoms with E-state index in [0.29, 0.717) is 18.7 Å². The van der Waals surface area contributed by atoms with Crippen molar-refractivity contribution < 1.29 is 9.13 Å². The van der Waals surface area contributed by atoms with Crippen molar-refractivity contribution in [3.05, 3.63) is 53.8 Å². The first-order chi connectivity index (χ1) is 9.74. The van der Waals surface area contributed by atoms with Gasteiger partial charge in [-0.1, -0.05) is 31.2 Å². The standard InChI is InChI=1S/C17H20FNO/c1-3-10-20-16-8-6-13(7-9-16)14-4-5-15(12-19-2)17(18)11-14/h4-9,11,19H,3,10,12H2,1-2H3. The fourth-order valence-corrected chi connectivity index (χ4v) is 2.02. The molecule has 0 aliphatic rings. The van der Waals surface area contributed by atoms with Gasteiger partial charge in [0.15, 0.2) is 0 Å². The van der Waals surface area contributed by atoms with Gasteiger partial charge in [-0.15, -0.1) is 0 Å². The smallest absolute Gasteiger partial charge is 0.128 e. The van der Waals surface area contributed by atoms with E-state index >= 15 is 0 Å². The van der Waals surface area contributed by atoms with Gasteiger partial charge < -0.3 is 10.1 Å². The summed E-state index contributed by atoms with van der Waals surface area (Å²) in [5.74, 6) is 0.672. The van der Waals surface area contributed by atoms with Gasteiger partial charge in [-0.3, -0.25) is 0 Å². The highest BCUT2D eigenvalue weighted by Crippen LogP contribution is 2.24. The largest absolute Gasteiger partial charge is 0.494 e. The third-order valence-electron chi connectivity index (χ3n) is 3.08. The Morgan fingerprint density at radius 1 is 1.05 bits per heavy atom. The summed E-state index contributed by atoms with van der Waals surface area (Å²) in [6.07, 6.45) is 0.986. The molecule has 0 aliphatic carbocycles. The number of hydrogen-bond donors (Lipinski definition) is 1. The van der Waals surface area contributed by atoms with Crippen LogP contribution in [0.5, 0.6) is 5.75 Å². The van der Waals surface area contributed by atoms with E-state index in [4.69, 9.17) is 4.74 Å². The minimum absolute atomic E-state index is 0.178. The van der Waals surface area contributed by atoms with E-state index in [1.165, 1.54) is 0 Å². The first-order valence-corrected chi connectivity index (χ1v) is 6.91. The number of ether oxygens (including phenoxy) is 1. The Bertz CT molecular complexity index is 551. The number of halogens is 1. The van der Waals surface area contributed by atoms with Gasteiger partial charge >= 0.3 is 0 Å². The molecule has 0 heterocycles. The Morgan fingerprint density at radius 3 is 2.35 bits per heavy atom. The molecule has 2 aromatic carbocycles. The molecule has 0 unspecified atom stereocenters. The molecule has 3 heteroatoms. The van der Waals surface area contributed by atoms with Gasteiger partial charge in [0.05, 0.1) is 6.61 Å². The summed E-state index contributed by atoms with van der Waals surface area (Å²) in [5, 5.41) is 2.95. The number of nitrogens with one attached hydrogen (secondary N) is 1. The van der Waals surface area contributed by atoms with E-state index in [-0.39, 0.29) is 5.82 Å². The maximum absolute atomic E-state index is 13.9. The highest BCUT2D eigenvalue weighted by Gasteiger charge is 2.05. The molecule has 1 N–H and O–H groups in total. The van der Waals surface area contributed by atoms with E-state index in [1.807, 2.05) is 43.4 Å². The fraction of sp³-hybridized carbons (Fsp3) is 0.294. The Balaban J connectivity index is 2.17. The van der Waals surface area contributed by atoms with Gasteiger partial charge in [0, 0.05) is 12.1 Å². The molecule has 0 spiro atoms. The maximum Gasteiger partial charge on any atom is 0.128 e. The summed E-state index contributed by atoms with van der Waals surface area (Å²) in [6.45, 7) is 3.33. The van der Waals surface area contributed by atoms with Crippen molar-refractivity contribution in [3.63, 3.8) is 0 Å². The molecule has 106 valence electrons. The molecule has 20 heavy (non-hydrogen) atoms. The van der Waals surface area contributed by atoms with Crippen molar-refractivity contribution in [2.24, 2.45) is 0 Å². The zero-order valence-corrected chi connectivity index (χ0v) is 11.9. The normalized spacial score (nSPS) is 10.6. The lowest BCUT2D eigenvalue weighted by Gasteiger charge is -2.08. The van der Waals surface area contributed by atoms with Crippen LogP contribution < -0.4 is 10.1 Å². The third-order valence-corrected chi connectivity index (χ3v) is 3.08. The summed E-state index contributed by atoms with van der Waals surface area (Å²) in [4.78, 5) is 0. The fourth-order valence-electron chi connectivity index (χ4n) is 2.02. The van der Waals surface area contributed by atoms with Gasteiger partial charge in [0.2, 0.25) is 0 Å². The molecule has 2 aromatic rings. The lowest BCUT2D eigenvalue weighted by Crippen LogP contribution is -2.06. The number of hydrogen-bond acceptors (Lipinski definition) is 2. The quantitative estimate of drug-likeness (QED) is 0.859. The molecule has 0 aliphatic heterocycles. The van der Waals surface area contributed by atoms with Crippen LogP contribution >= 0.6 is 0 Å². The van der Waals surface area contributed by atoms with Gasteiger partial charge in [-0.05, 0) is 42.8 Å². The molecule has 0 radical (unpaired) electrons. The summed E-state index contributed by atoms with van der Waals surface area (Å²) in [7, 11) is 1.81. The van der Waals surface area contributed by atoms with E-state index in [9.17, 15) is 4.39 Å². The first kappa shape index (κ1) is 14.5. The summed E-state index contributed by atoms with van der Waals surface area (Å²) >= 11 is 0. The molecule has 0 amide bonds. The van der Waals surface area contributed by atoms with E-state index in [1.54, 1.807) is 6.07 Å². The minimum atomic E-state index is -0.178. The van der Waals surface area contributed by atoms with Crippen molar-refractivity contribution in [2.75, 3.05) is 13.7 Å². The van der Waals surface area contributed by atoms with E-state index in [2.05, 4.69) is 12.2 Å². The van der Waals surface area contributed by atoms with Crippen molar-refractivity contribution in [1.82, 2.24) is 5.32 Å². The second-order valence-corrected chi connectivity index (χ2v) is 4.71. The van der Waals surface area contributed by atoms with Crippen LogP contribution in [0.25, 0.3) is 11.1 Å². The molecule has 0 atom stereocenters. The number of rotatable bonds is 6. The average Bonchev–Trinajstić information content (AvgIpc) is 2.48. The monoisotopic (exact) mass is 273 g/mol. The Morgan fingerprint density at radius 2 is 1.75 bits per heavy atom. The average molecular weight is 273 g/mol. The van der Waals surface area contributed by atoms with E-state index < -0.39 is 0 Å². The van der Waals surface area contributed by atoms with Crippen molar-refractivity contribution >= 4 is 0 Å². The molecular weight excluding hydrogens is 253 g/mol. The molecule has 0 bridgehead atoms. The SMILES string of the molecule is CCCOc1ccc(-c2ccc(CNC)c(F)c2)cc1. The van der Waals surface area contributed by atoms with Crippen LogP contribution in [0.15, 0.2) is 42.5 Å². The molecule has 2 rings (SSSR count). The second-order valence-electron chi connectivity index (χ2n) is 4.71. The topological polar surface area (TPSA) is 21.3 Å². The van der Waals surface area contributed by atoms with Crippen LogP contribution in [0.3, 0.4) is 0 Å². The Hall–Kier alpha value is -1.87. The molecule has 0 saturated heterocycles. The van der Waals surface area contributed by atoms with Crippen LogP contribution in [0.4, 0.5) is 4.39 Å². The highest BCUT2D eigenvalue weighted by molar-refractivity contribution is 5.64. The Labute approximate surface area is 119 Å². The van der Waals surface area contributed by atoms with Gasteiger partial charge in [0.1, 0.15) is 11.6 Å². The van der Waals surface area contributed by atoms with Crippen LogP contribution in [0, 0.1) is 5.82 Å². The van der Waals surface area contributed by atoms with E-state index in [0.717, 1.165) is 23.3 Å². The van der Waals surface area contributed by atoms with Crippen molar-refractivity contribution in [3.8, 4) is 16.9 Å². The zero-order chi connectivity index (χ0) is 14.4. The third kappa shape index (κ3) is 3.58. The molecule has 0 aromatic heterocycles.